The van der Waals surface area contributed by atoms with Gasteiger partial charge in [-0.2, -0.15) is 0 Å². The summed E-state index contributed by atoms with van der Waals surface area (Å²) in [7, 11) is 3.11. The molecule has 168 valence electrons. The maximum atomic E-state index is 13.0. The number of nitrogens with two attached hydrogens (primary N) is 1. The lowest BCUT2D eigenvalue weighted by molar-refractivity contribution is -0.192. The highest BCUT2D eigenvalue weighted by Gasteiger charge is 2.66. The van der Waals surface area contributed by atoms with Crippen LogP contribution in [-0.4, -0.2) is 71.5 Å². The van der Waals surface area contributed by atoms with Gasteiger partial charge in [0.05, 0.1) is 6.42 Å². The lowest BCUT2D eigenvalue weighted by atomic mass is 9.98. The molecule has 0 unspecified atom stereocenters. The van der Waals surface area contributed by atoms with Crippen molar-refractivity contribution in [2.24, 2.45) is 5.73 Å². The normalized spacial score (nSPS) is 22.6. The van der Waals surface area contributed by atoms with E-state index < -0.39 is 35.0 Å². The summed E-state index contributed by atoms with van der Waals surface area (Å²) in [6.45, 7) is 0.340. The van der Waals surface area contributed by atoms with Crippen molar-refractivity contribution in [3.8, 4) is 0 Å². The van der Waals surface area contributed by atoms with Crippen LogP contribution in [0, 0.1) is 0 Å². The Labute approximate surface area is 185 Å². The molecule has 0 saturated carbocycles. The Kier molecular flexibility index (Phi) is 6.89. The number of nitrogens with one attached hydrogen (secondary N) is 2. The molecule has 3 rings (SSSR count). The van der Waals surface area contributed by atoms with E-state index in [1.165, 1.54) is 30.2 Å². The van der Waals surface area contributed by atoms with Gasteiger partial charge in [-0.3, -0.25) is 14.5 Å². The van der Waals surface area contributed by atoms with Crippen molar-refractivity contribution in [1.82, 2.24) is 15.5 Å². The molecule has 1 aromatic rings. The van der Waals surface area contributed by atoms with E-state index in [1.807, 2.05) is 19.2 Å². The van der Waals surface area contributed by atoms with Crippen molar-refractivity contribution in [3.63, 3.8) is 0 Å². The van der Waals surface area contributed by atoms with Crippen molar-refractivity contribution < 1.29 is 33.8 Å². The van der Waals surface area contributed by atoms with Gasteiger partial charge in [0, 0.05) is 34.7 Å². The van der Waals surface area contributed by atoms with Gasteiger partial charge in [0.1, 0.15) is 17.7 Å². The van der Waals surface area contributed by atoms with E-state index in [1.54, 1.807) is 0 Å². The van der Waals surface area contributed by atoms with Crippen LogP contribution in [0.2, 0.25) is 0 Å². The molecule has 3 amide bonds. The molecular weight excluding hydrogens is 448 g/mol. The molecule has 0 aromatic carbocycles. The van der Waals surface area contributed by atoms with Crippen LogP contribution in [0.15, 0.2) is 23.4 Å². The number of aliphatic carboxylic acids is 1. The van der Waals surface area contributed by atoms with Gasteiger partial charge in [-0.1, -0.05) is 0 Å². The molecule has 0 radical (unpaired) electrons. The lowest BCUT2D eigenvalue weighted by Crippen LogP contribution is -2.80. The quantitative estimate of drug-likeness (QED) is 0.283. The van der Waals surface area contributed by atoms with Gasteiger partial charge in [0.2, 0.25) is 5.91 Å². The molecule has 13 heteroatoms. The molecule has 1 fully saturated rings. The number of fused-ring (bicyclic) bond motifs is 1. The number of hydrogen-bond donors (Lipinski definition) is 4. The number of carboxylic acid groups (broad SMARTS) is 1. The first-order valence-electron chi connectivity index (χ1n) is 9.14. The van der Waals surface area contributed by atoms with Crippen molar-refractivity contribution in [2.75, 3.05) is 26.5 Å². The fourth-order valence-electron chi connectivity index (χ4n) is 3.41. The Balaban J connectivity index is 1.76. The van der Waals surface area contributed by atoms with Gasteiger partial charge in [-0.05, 0) is 19.2 Å². The van der Waals surface area contributed by atoms with E-state index >= 15 is 0 Å². The van der Waals surface area contributed by atoms with Gasteiger partial charge in [0.15, 0.2) is 0 Å². The number of β-lactam (4-membered cyclic amide) rings is 1. The molecule has 31 heavy (non-hydrogen) atoms. The number of thiophene rings is 1. The van der Waals surface area contributed by atoms with Crippen LogP contribution in [0.3, 0.4) is 0 Å². The van der Waals surface area contributed by atoms with Crippen LogP contribution >= 0.6 is 23.1 Å². The minimum Gasteiger partial charge on any atom is -0.477 e. The fraction of sp³-hybridized carbons (Fsp3) is 0.444. The first-order valence-corrected chi connectivity index (χ1v) is 11.0. The summed E-state index contributed by atoms with van der Waals surface area (Å²) >= 11 is 2.67. The number of carbonyl (C=O) groups is 4. The monoisotopic (exact) mass is 470 g/mol. The Morgan fingerprint density at radius 2 is 2.06 bits per heavy atom. The minimum atomic E-state index is -1.68. The summed E-state index contributed by atoms with van der Waals surface area (Å²) in [6.07, 6.45) is -0.993. The van der Waals surface area contributed by atoms with Crippen LogP contribution in [0.4, 0.5) is 4.79 Å². The highest BCUT2D eigenvalue weighted by Crippen LogP contribution is 2.46. The molecule has 0 bridgehead atoms. The van der Waals surface area contributed by atoms with E-state index in [9.17, 15) is 24.3 Å². The summed E-state index contributed by atoms with van der Waals surface area (Å²) < 4.78 is 10.1. The molecule has 5 N–H and O–H groups in total. The van der Waals surface area contributed by atoms with Crippen LogP contribution in [0.25, 0.3) is 0 Å². The number of thioether (sulfide) groups is 1. The predicted molar refractivity (Wildman–Crippen MR) is 112 cm³/mol. The van der Waals surface area contributed by atoms with Crippen molar-refractivity contribution in [3.05, 3.63) is 33.2 Å². The van der Waals surface area contributed by atoms with Crippen molar-refractivity contribution >= 4 is 47.0 Å². The molecular formula is C18H22N4O7S2. The van der Waals surface area contributed by atoms with Crippen molar-refractivity contribution in [1.29, 1.82) is 0 Å². The second-order valence-corrected chi connectivity index (χ2v) is 9.09. The number of primary amides is 1. The third-order valence-corrected chi connectivity index (χ3v) is 7.21. The zero-order valence-corrected chi connectivity index (χ0v) is 18.4. The van der Waals surface area contributed by atoms with Gasteiger partial charge in [0.25, 0.3) is 11.6 Å². The molecule has 2 aliphatic heterocycles. The average molecular weight is 471 g/mol. The van der Waals surface area contributed by atoms with Crippen LogP contribution in [-0.2, 0) is 36.8 Å². The third-order valence-electron chi connectivity index (χ3n) is 4.75. The largest absolute Gasteiger partial charge is 0.477 e. The number of amides is 3. The van der Waals surface area contributed by atoms with E-state index in [0.29, 0.717) is 6.54 Å². The SMILES string of the molecule is CNCc1ccc(CC(=O)N[C@]2(OC)C(=O)N3C(C(=O)O)=C(COC(N)=O)CS[C@H]32)s1. The number of hydrogen-bond acceptors (Lipinski definition) is 9. The topological polar surface area (TPSA) is 160 Å². The van der Waals surface area contributed by atoms with Gasteiger partial charge in [-0.25, -0.2) is 9.59 Å². The Morgan fingerprint density at radius 3 is 2.68 bits per heavy atom. The summed E-state index contributed by atoms with van der Waals surface area (Å²) in [5, 5.41) is 14.5. The highest BCUT2D eigenvalue weighted by molar-refractivity contribution is 8.00. The second-order valence-electron chi connectivity index (χ2n) is 6.77. The third kappa shape index (κ3) is 4.39. The maximum absolute atomic E-state index is 13.0. The number of carbonyl (C=O) groups excluding carboxylic acids is 3. The number of nitrogens with zero attached hydrogens (tertiary/aromatic N) is 1. The Bertz CT molecular complexity index is 947. The predicted octanol–water partition coefficient (Wildman–Crippen LogP) is -0.182. The summed E-state index contributed by atoms with van der Waals surface area (Å²) in [5.41, 5.74) is 3.20. The van der Waals surface area contributed by atoms with Crippen LogP contribution in [0.1, 0.15) is 9.75 Å². The van der Waals surface area contributed by atoms with E-state index in [4.69, 9.17) is 15.2 Å². The molecule has 1 aromatic heterocycles. The summed E-state index contributed by atoms with van der Waals surface area (Å²) in [5.74, 6) is -2.33. The molecule has 1 saturated heterocycles. The highest BCUT2D eigenvalue weighted by atomic mass is 32.2. The van der Waals surface area contributed by atoms with E-state index in [2.05, 4.69) is 10.6 Å². The van der Waals surface area contributed by atoms with Gasteiger partial charge < -0.3 is 30.9 Å². The standard InChI is InChI=1S/C18H22N4O7S2/c1-20-6-11-4-3-10(31-11)5-12(23)21-18(28-2)15(26)22-13(14(24)25)9(7-29-17(19)27)8-30-16(18)22/h3-4,16,20H,5-8H2,1-2H3,(H2,19,27)(H,21,23)(H,24,25)/t16-,18-/m0/s1. The first kappa shape index (κ1) is 23.1. The summed E-state index contributed by atoms with van der Waals surface area (Å²) in [6, 6.07) is 3.76. The van der Waals surface area contributed by atoms with Gasteiger partial charge >= 0.3 is 12.1 Å². The average Bonchev–Trinajstić information content (AvgIpc) is 3.16. The van der Waals surface area contributed by atoms with Gasteiger partial charge in [-0.15, -0.1) is 23.1 Å². The molecule has 2 aliphatic rings. The molecule has 0 aliphatic carbocycles. The van der Waals surface area contributed by atoms with Crippen LogP contribution < -0.4 is 16.4 Å². The Morgan fingerprint density at radius 1 is 1.35 bits per heavy atom. The molecule has 11 nitrogen and oxygen atoms in total. The Hall–Kier alpha value is -2.61. The minimum absolute atomic E-state index is 0.0590. The zero-order chi connectivity index (χ0) is 22.8. The fourth-order valence-corrected chi connectivity index (χ4v) is 5.86. The van der Waals surface area contributed by atoms with E-state index in [-0.39, 0.29) is 30.1 Å². The number of rotatable bonds is 9. The number of methoxy groups -OCH3 is 1. The smallest absolute Gasteiger partial charge is 0.404 e. The van der Waals surface area contributed by atoms with Crippen molar-refractivity contribution in [2.45, 2.75) is 24.1 Å². The second kappa shape index (κ2) is 9.26. The molecule has 3 heterocycles. The summed E-state index contributed by atoms with van der Waals surface area (Å²) in [4.78, 5) is 51.2. The first-order chi connectivity index (χ1) is 14.7. The van der Waals surface area contributed by atoms with Crippen LogP contribution in [0.5, 0.6) is 0 Å². The molecule has 2 atom stereocenters. The number of carboxylic acids is 1. The number of ether oxygens (including phenoxy) is 2. The maximum Gasteiger partial charge on any atom is 0.404 e. The lowest BCUT2D eigenvalue weighted by Gasteiger charge is -2.55. The molecule has 0 spiro atoms. The van der Waals surface area contributed by atoms with E-state index in [0.717, 1.165) is 14.7 Å². The zero-order valence-electron chi connectivity index (χ0n) is 16.8.